The Morgan fingerprint density at radius 1 is 1.00 bits per heavy atom. The molecule has 0 saturated heterocycles. The zero-order valence-electron chi connectivity index (χ0n) is 13.3. The molecule has 1 saturated carbocycles. The monoisotopic (exact) mass is 331 g/mol. The first-order valence-electron chi connectivity index (χ1n) is 8.11. The minimum Gasteiger partial charge on any atom is -0.490 e. The van der Waals surface area contributed by atoms with Gasteiger partial charge >= 0.3 is 0 Å². The number of hydrogen-bond donors (Lipinski definition) is 1. The van der Waals surface area contributed by atoms with Crippen LogP contribution in [0.2, 0.25) is 5.02 Å². The molecule has 1 aliphatic carbocycles. The minimum atomic E-state index is 0.497. The van der Waals surface area contributed by atoms with Gasteiger partial charge in [0.2, 0.25) is 0 Å². The van der Waals surface area contributed by atoms with E-state index in [1.165, 1.54) is 18.4 Å². The third-order valence-electron chi connectivity index (χ3n) is 3.79. The normalized spacial score (nSPS) is 13.8. The lowest BCUT2D eigenvalue weighted by atomic mass is 10.2. The van der Waals surface area contributed by atoms with Crippen LogP contribution in [-0.4, -0.2) is 12.6 Å². The average molecular weight is 332 g/mol. The molecule has 2 aromatic rings. The van der Waals surface area contributed by atoms with Crippen LogP contribution in [0.25, 0.3) is 0 Å². The van der Waals surface area contributed by atoms with E-state index in [9.17, 15) is 0 Å². The molecular weight excluding hydrogens is 310 g/mol. The highest BCUT2D eigenvalue weighted by Gasteiger charge is 2.20. The number of nitrogens with one attached hydrogen (secondary N) is 1. The van der Waals surface area contributed by atoms with E-state index in [2.05, 4.69) is 17.4 Å². The third kappa shape index (κ3) is 4.88. The van der Waals surface area contributed by atoms with Crippen molar-refractivity contribution in [2.75, 3.05) is 6.61 Å². The lowest BCUT2D eigenvalue weighted by molar-refractivity contribution is 0.269. The maximum Gasteiger partial charge on any atom is 0.161 e. The predicted molar refractivity (Wildman–Crippen MR) is 93.3 cm³/mol. The smallest absolute Gasteiger partial charge is 0.161 e. The molecule has 2 aromatic carbocycles. The summed E-state index contributed by atoms with van der Waals surface area (Å²) in [5.41, 5.74) is 2.30. The molecule has 1 aliphatic rings. The SMILES string of the molecule is CCOc1cc(CNC2CC2)ccc1OCc1ccc(Cl)cc1. The number of halogens is 1. The lowest BCUT2D eigenvalue weighted by Gasteiger charge is -2.14. The van der Waals surface area contributed by atoms with Crippen molar-refractivity contribution < 1.29 is 9.47 Å². The van der Waals surface area contributed by atoms with Gasteiger partial charge in [-0.3, -0.25) is 0 Å². The fraction of sp³-hybridized carbons (Fsp3) is 0.368. The first-order valence-corrected chi connectivity index (χ1v) is 8.48. The van der Waals surface area contributed by atoms with Crippen molar-refractivity contribution in [1.29, 1.82) is 0 Å². The van der Waals surface area contributed by atoms with Crippen molar-refractivity contribution in [2.45, 2.75) is 39.0 Å². The Hall–Kier alpha value is -1.71. The van der Waals surface area contributed by atoms with E-state index in [0.717, 1.165) is 28.6 Å². The van der Waals surface area contributed by atoms with E-state index in [-0.39, 0.29) is 0 Å². The van der Waals surface area contributed by atoms with Gasteiger partial charge in [-0.1, -0.05) is 29.8 Å². The zero-order valence-corrected chi connectivity index (χ0v) is 14.1. The first-order chi connectivity index (χ1) is 11.2. The largest absolute Gasteiger partial charge is 0.490 e. The summed E-state index contributed by atoms with van der Waals surface area (Å²) in [7, 11) is 0. The molecule has 4 heteroatoms. The van der Waals surface area contributed by atoms with Crippen molar-refractivity contribution in [1.82, 2.24) is 5.32 Å². The molecule has 0 atom stereocenters. The van der Waals surface area contributed by atoms with Crippen LogP contribution in [0, 0.1) is 0 Å². The second-order valence-electron chi connectivity index (χ2n) is 5.78. The van der Waals surface area contributed by atoms with Gasteiger partial charge in [0, 0.05) is 17.6 Å². The number of hydrogen-bond acceptors (Lipinski definition) is 3. The van der Waals surface area contributed by atoms with E-state index in [4.69, 9.17) is 21.1 Å². The van der Waals surface area contributed by atoms with Gasteiger partial charge in [0.15, 0.2) is 11.5 Å². The molecule has 0 bridgehead atoms. The molecule has 3 nitrogen and oxygen atoms in total. The maximum atomic E-state index is 5.92. The summed E-state index contributed by atoms with van der Waals surface area (Å²) in [6, 6.07) is 14.5. The van der Waals surface area contributed by atoms with Crippen LogP contribution in [0.15, 0.2) is 42.5 Å². The van der Waals surface area contributed by atoms with E-state index in [0.29, 0.717) is 19.3 Å². The maximum absolute atomic E-state index is 5.92. The molecule has 0 aromatic heterocycles. The minimum absolute atomic E-state index is 0.497. The molecular formula is C19H22ClNO2. The van der Waals surface area contributed by atoms with Crippen LogP contribution in [0.3, 0.4) is 0 Å². The second kappa shape index (κ2) is 7.71. The summed E-state index contributed by atoms with van der Waals surface area (Å²) in [6.45, 7) is 3.98. The summed E-state index contributed by atoms with van der Waals surface area (Å²) >= 11 is 5.90. The summed E-state index contributed by atoms with van der Waals surface area (Å²) in [5.74, 6) is 1.58. The zero-order chi connectivity index (χ0) is 16.1. The molecule has 23 heavy (non-hydrogen) atoms. The summed E-state index contributed by atoms with van der Waals surface area (Å²) < 4.78 is 11.7. The van der Waals surface area contributed by atoms with Gasteiger partial charge in [-0.05, 0) is 55.2 Å². The highest BCUT2D eigenvalue weighted by atomic mass is 35.5. The summed E-state index contributed by atoms with van der Waals surface area (Å²) in [5, 5.41) is 4.25. The topological polar surface area (TPSA) is 30.5 Å². The molecule has 0 amide bonds. The van der Waals surface area contributed by atoms with Crippen LogP contribution in [0.4, 0.5) is 0 Å². The van der Waals surface area contributed by atoms with Crippen molar-refractivity contribution in [2.24, 2.45) is 0 Å². The molecule has 122 valence electrons. The number of rotatable bonds is 8. The van der Waals surface area contributed by atoms with Gasteiger partial charge in [-0.15, -0.1) is 0 Å². The Labute approximate surface area is 142 Å². The van der Waals surface area contributed by atoms with Gasteiger partial charge in [0.05, 0.1) is 6.61 Å². The van der Waals surface area contributed by atoms with E-state index >= 15 is 0 Å². The Balaban J connectivity index is 1.65. The van der Waals surface area contributed by atoms with Gasteiger partial charge in [-0.2, -0.15) is 0 Å². The quantitative estimate of drug-likeness (QED) is 0.768. The molecule has 0 unspecified atom stereocenters. The van der Waals surface area contributed by atoms with Crippen molar-refractivity contribution in [3.05, 3.63) is 58.6 Å². The Kier molecular flexibility index (Phi) is 5.42. The van der Waals surface area contributed by atoms with Crippen LogP contribution >= 0.6 is 11.6 Å². The van der Waals surface area contributed by atoms with Gasteiger partial charge in [0.25, 0.3) is 0 Å². The molecule has 0 heterocycles. The fourth-order valence-corrected chi connectivity index (χ4v) is 2.47. The third-order valence-corrected chi connectivity index (χ3v) is 4.04. The second-order valence-corrected chi connectivity index (χ2v) is 6.22. The van der Waals surface area contributed by atoms with E-state index in [1.54, 1.807) is 0 Å². The Morgan fingerprint density at radius 2 is 1.74 bits per heavy atom. The first kappa shape index (κ1) is 16.2. The molecule has 3 rings (SSSR count). The fourth-order valence-electron chi connectivity index (χ4n) is 2.34. The van der Waals surface area contributed by atoms with Crippen molar-refractivity contribution >= 4 is 11.6 Å². The van der Waals surface area contributed by atoms with Crippen molar-refractivity contribution in [3.8, 4) is 11.5 Å². The average Bonchev–Trinajstić information content (AvgIpc) is 3.38. The number of ether oxygens (including phenoxy) is 2. The molecule has 1 fully saturated rings. The van der Waals surface area contributed by atoms with Crippen LogP contribution < -0.4 is 14.8 Å². The number of benzene rings is 2. The van der Waals surface area contributed by atoms with Crippen molar-refractivity contribution in [3.63, 3.8) is 0 Å². The van der Waals surface area contributed by atoms with Crippen LogP contribution in [0.1, 0.15) is 30.9 Å². The van der Waals surface area contributed by atoms with Gasteiger partial charge in [-0.25, -0.2) is 0 Å². The predicted octanol–water partition coefficient (Wildman–Crippen LogP) is 4.57. The summed E-state index contributed by atoms with van der Waals surface area (Å²) in [6.07, 6.45) is 2.58. The van der Waals surface area contributed by atoms with Gasteiger partial charge in [0.1, 0.15) is 6.61 Å². The molecule has 0 spiro atoms. The molecule has 0 radical (unpaired) electrons. The highest BCUT2D eigenvalue weighted by molar-refractivity contribution is 6.30. The molecule has 1 N–H and O–H groups in total. The van der Waals surface area contributed by atoms with E-state index in [1.807, 2.05) is 37.3 Å². The standard InChI is InChI=1S/C19H22ClNO2/c1-2-22-19-11-15(12-21-17-8-9-17)5-10-18(19)23-13-14-3-6-16(20)7-4-14/h3-7,10-11,17,21H,2,8-9,12-13H2,1H3. The van der Waals surface area contributed by atoms with Crippen LogP contribution in [-0.2, 0) is 13.2 Å². The lowest BCUT2D eigenvalue weighted by Crippen LogP contribution is -2.15. The molecule has 0 aliphatic heterocycles. The van der Waals surface area contributed by atoms with Gasteiger partial charge < -0.3 is 14.8 Å². The Bertz CT molecular complexity index is 638. The highest BCUT2D eigenvalue weighted by Crippen LogP contribution is 2.30. The Morgan fingerprint density at radius 3 is 2.43 bits per heavy atom. The summed E-state index contributed by atoms with van der Waals surface area (Å²) in [4.78, 5) is 0. The van der Waals surface area contributed by atoms with E-state index < -0.39 is 0 Å². The van der Waals surface area contributed by atoms with Crippen LogP contribution in [0.5, 0.6) is 11.5 Å².